The van der Waals surface area contributed by atoms with Gasteiger partial charge in [-0.1, -0.05) is 17.7 Å². The van der Waals surface area contributed by atoms with E-state index in [0.29, 0.717) is 21.9 Å². The van der Waals surface area contributed by atoms with Crippen LogP contribution in [0.4, 0.5) is 11.5 Å². The molecule has 0 saturated heterocycles. The number of nitro benzene ring substituents is 1. The Labute approximate surface area is 181 Å². The molecular formula is C19H19ClN6O5. The summed E-state index contributed by atoms with van der Waals surface area (Å²) in [5.74, 6) is 0.593. The van der Waals surface area contributed by atoms with Gasteiger partial charge in [0.05, 0.1) is 31.4 Å². The maximum atomic E-state index is 12.5. The molecule has 3 heterocycles. The highest BCUT2D eigenvalue weighted by molar-refractivity contribution is 6.30. The highest BCUT2D eigenvalue weighted by Crippen LogP contribution is 2.30. The summed E-state index contributed by atoms with van der Waals surface area (Å²) in [6, 6.07) is 4.61. The minimum atomic E-state index is -0.510. The summed E-state index contributed by atoms with van der Waals surface area (Å²) in [6.07, 6.45) is 2.21. The Kier molecular flexibility index (Phi) is 5.87. The standard InChI is InChI=1S/C19H19ClN6O5/c1-30-15-3-2-11(8-14(15)26(28)29)10-31-7-6-22-19(27)13-9-23-25-17-12(4-5-21-17)16(20)24-18(13)25/h2-3,8-9,21H,4-7,10H2,1H3,(H,22,27). The van der Waals surface area contributed by atoms with Crippen LogP contribution in [0.2, 0.25) is 5.15 Å². The van der Waals surface area contributed by atoms with Gasteiger partial charge >= 0.3 is 5.69 Å². The predicted octanol–water partition coefficient (Wildman–Crippen LogP) is 2.21. The molecule has 11 nitrogen and oxygen atoms in total. The van der Waals surface area contributed by atoms with Crippen molar-refractivity contribution in [2.75, 3.05) is 32.1 Å². The molecule has 1 aromatic carbocycles. The second-order valence-electron chi connectivity index (χ2n) is 6.77. The molecule has 0 radical (unpaired) electrons. The molecule has 2 N–H and O–H groups in total. The highest BCUT2D eigenvalue weighted by Gasteiger charge is 2.23. The first-order valence-corrected chi connectivity index (χ1v) is 9.84. The Balaban J connectivity index is 1.33. The number of benzene rings is 1. The van der Waals surface area contributed by atoms with E-state index in [1.807, 2.05) is 0 Å². The van der Waals surface area contributed by atoms with Gasteiger partial charge in [0.25, 0.3) is 5.91 Å². The number of nitrogens with zero attached hydrogens (tertiary/aromatic N) is 4. The quantitative estimate of drug-likeness (QED) is 0.233. The van der Waals surface area contributed by atoms with Gasteiger partial charge in [-0.3, -0.25) is 14.9 Å². The van der Waals surface area contributed by atoms with Crippen molar-refractivity contribution in [2.45, 2.75) is 13.0 Å². The van der Waals surface area contributed by atoms with Crippen LogP contribution in [0.15, 0.2) is 24.4 Å². The van der Waals surface area contributed by atoms with Crippen molar-refractivity contribution in [3.8, 4) is 5.75 Å². The Morgan fingerprint density at radius 1 is 1.45 bits per heavy atom. The molecule has 1 aliphatic heterocycles. The van der Waals surface area contributed by atoms with Crippen molar-refractivity contribution in [1.29, 1.82) is 0 Å². The van der Waals surface area contributed by atoms with Gasteiger partial charge in [-0.2, -0.15) is 9.61 Å². The summed E-state index contributed by atoms with van der Waals surface area (Å²) in [5, 5.41) is 21.6. The number of nitrogens with one attached hydrogen (secondary N) is 2. The molecule has 3 aromatic rings. The number of carbonyl (C=O) groups excluding carboxylic acids is 1. The van der Waals surface area contributed by atoms with Crippen LogP contribution in [0.5, 0.6) is 5.75 Å². The molecular weight excluding hydrogens is 428 g/mol. The molecule has 0 atom stereocenters. The van der Waals surface area contributed by atoms with Crippen LogP contribution in [0.1, 0.15) is 21.5 Å². The Morgan fingerprint density at radius 3 is 3.06 bits per heavy atom. The number of amides is 1. The van der Waals surface area contributed by atoms with Gasteiger partial charge in [-0.15, -0.1) is 0 Å². The smallest absolute Gasteiger partial charge is 0.311 e. The van der Waals surface area contributed by atoms with E-state index in [4.69, 9.17) is 21.1 Å². The first-order valence-electron chi connectivity index (χ1n) is 9.47. The molecule has 31 heavy (non-hydrogen) atoms. The molecule has 1 amide bonds. The van der Waals surface area contributed by atoms with Crippen molar-refractivity contribution >= 4 is 34.7 Å². The molecule has 0 bridgehead atoms. The fourth-order valence-electron chi connectivity index (χ4n) is 3.36. The van der Waals surface area contributed by atoms with Crippen LogP contribution >= 0.6 is 11.6 Å². The number of hydrogen-bond donors (Lipinski definition) is 2. The van der Waals surface area contributed by atoms with Crippen molar-refractivity contribution in [3.05, 3.63) is 56.4 Å². The van der Waals surface area contributed by atoms with E-state index in [0.717, 1.165) is 24.3 Å². The van der Waals surface area contributed by atoms with Gasteiger partial charge in [0.15, 0.2) is 11.4 Å². The molecule has 0 saturated carbocycles. The van der Waals surface area contributed by atoms with Crippen molar-refractivity contribution in [2.24, 2.45) is 0 Å². The van der Waals surface area contributed by atoms with E-state index < -0.39 is 4.92 Å². The molecule has 4 rings (SSSR count). The average molecular weight is 447 g/mol. The topological polar surface area (TPSA) is 133 Å². The summed E-state index contributed by atoms with van der Waals surface area (Å²) in [5.41, 5.74) is 2.07. The molecule has 12 heteroatoms. The zero-order valence-corrected chi connectivity index (χ0v) is 17.3. The second-order valence-corrected chi connectivity index (χ2v) is 7.13. The average Bonchev–Trinajstić information content (AvgIpc) is 3.40. The number of ether oxygens (including phenoxy) is 2. The Hall–Kier alpha value is -3.44. The summed E-state index contributed by atoms with van der Waals surface area (Å²) >= 11 is 6.24. The van der Waals surface area contributed by atoms with E-state index in [1.54, 1.807) is 10.6 Å². The van der Waals surface area contributed by atoms with E-state index in [2.05, 4.69) is 20.7 Å². The molecule has 0 fully saturated rings. The Morgan fingerprint density at radius 2 is 2.29 bits per heavy atom. The zero-order chi connectivity index (χ0) is 22.0. The van der Waals surface area contributed by atoms with Crippen molar-refractivity contribution in [3.63, 3.8) is 0 Å². The summed E-state index contributed by atoms with van der Waals surface area (Å²) in [7, 11) is 1.37. The van der Waals surface area contributed by atoms with Crippen LogP contribution in [-0.2, 0) is 17.8 Å². The number of carbonyl (C=O) groups is 1. The number of nitro groups is 1. The van der Waals surface area contributed by atoms with Crippen LogP contribution in [0.25, 0.3) is 5.65 Å². The fraction of sp³-hybridized carbons (Fsp3) is 0.316. The van der Waals surface area contributed by atoms with Crippen molar-refractivity contribution in [1.82, 2.24) is 19.9 Å². The summed E-state index contributed by atoms with van der Waals surface area (Å²) in [6.45, 7) is 1.36. The van der Waals surface area contributed by atoms with Gasteiger partial charge < -0.3 is 20.1 Å². The largest absolute Gasteiger partial charge is 0.490 e. The molecule has 162 valence electrons. The SMILES string of the molecule is COc1ccc(COCCNC(=O)c2cnn3c4c(c(Cl)nc23)CCN4)cc1[N+](=O)[O-]. The summed E-state index contributed by atoms with van der Waals surface area (Å²) in [4.78, 5) is 27.4. The number of rotatable bonds is 8. The van der Waals surface area contributed by atoms with Crippen molar-refractivity contribution < 1.29 is 19.2 Å². The molecule has 1 aliphatic rings. The third-order valence-electron chi connectivity index (χ3n) is 4.85. The zero-order valence-electron chi connectivity index (χ0n) is 16.6. The fourth-order valence-corrected chi connectivity index (χ4v) is 3.62. The number of hydrogen-bond acceptors (Lipinski definition) is 8. The minimum Gasteiger partial charge on any atom is -0.490 e. The van der Waals surface area contributed by atoms with E-state index in [9.17, 15) is 14.9 Å². The van der Waals surface area contributed by atoms with Gasteiger partial charge in [-0.25, -0.2) is 4.98 Å². The number of halogens is 1. The molecule has 0 unspecified atom stereocenters. The third kappa shape index (κ3) is 4.09. The lowest BCUT2D eigenvalue weighted by Crippen LogP contribution is -2.27. The van der Waals surface area contributed by atoms with Gasteiger partial charge in [0.1, 0.15) is 16.5 Å². The minimum absolute atomic E-state index is 0.128. The predicted molar refractivity (Wildman–Crippen MR) is 112 cm³/mol. The maximum absolute atomic E-state index is 12.5. The molecule has 2 aromatic heterocycles. The number of fused-ring (bicyclic) bond motifs is 3. The van der Waals surface area contributed by atoms with E-state index in [-0.39, 0.29) is 37.1 Å². The number of aromatic nitrogens is 3. The second kappa shape index (κ2) is 8.74. The lowest BCUT2D eigenvalue weighted by molar-refractivity contribution is -0.385. The first-order chi connectivity index (χ1) is 15.0. The first kappa shape index (κ1) is 20.8. The molecule has 0 spiro atoms. The van der Waals surface area contributed by atoms with Crippen LogP contribution in [-0.4, -0.2) is 52.2 Å². The van der Waals surface area contributed by atoms with E-state index >= 15 is 0 Å². The Bertz CT molecular complexity index is 1160. The van der Waals surface area contributed by atoms with Gasteiger partial charge in [0, 0.05) is 24.7 Å². The maximum Gasteiger partial charge on any atom is 0.311 e. The van der Waals surface area contributed by atoms with Crippen LogP contribution < -0.4 is 15.4 Å². The lowest BCUT2D eigenvalue weighted by Gasteiger charge is -2.08. The third-order valence-corrected chi connectivity index (χ3v) is 5.16. The normalized spacial score (nSPS) is 12.5. The van der Waals surface area contributed by atoms with Gasteiger partial charge in [-0.05, 0) is 18.1 Å². The lowest BCUT2D eigenvalue weighted by atomic mass is 10.2. The number of anilines is 1. The number of methoxy groups -OCH3 is 1. The summed E-state index contributed by atoms with van der Waals surface area (Å²) < 4.78 is 12.1. The van der Waals surface area contributed by atoms with E-state index in [1.165, 1.54) is 25.4 Å². The monoisotopic (exact) mass is 446 g/mol. The molecule has 0 aliphatic carbocycles. The van der Waals surface area contributed by atoms with Crippen LogP contribution in [0, 0.1) is 10.1 Å². The highest BCUT2D eigenvalue weighted by atomic mass is 35.5. The van der Waals surface area contributed by atoms with Gasteiger partial charge in [0.2, 0.25) is 0 Å². The van der Waals surface area contributed by atoms with Crippen LogP contribution in [0.3, 0.4) is 0 Å².